The fourth-order valence-electron chi connectivity index (χ4n) is 1.84. The van der Waals surface area contributed by atoms with E-state index < -0.39 is 0 Å². The summed E-state index contributed by atoms with van der Waals surface area (Å²) in [6.07, 6.45) is 4.91. The first-order valence-electron chi connectivity index (χ1n) is 5.21. The Morgan fingerprint density at radius 3 is 2.57 bits per heavy atom. The molecule has 0 atom stereocenters. The topological polar surface area (TPSA) is 15.3 Å². The van der Waals surface area contributed by atoms with Gasteiger partial charge in [-0.05, 0) is 45.2 Å². The first-order chi connectivity index (χ1) is 6.33. The molecule has 0 amide bonds. The highest BCUT2D eigenvalue weighted by Crippen LogP contribution is 2.12. The first-order valence-corrected chi connectivity index (χ1v) is 6.60. The second-order valence-electron chi connectivity index (χ2n) is 3.95. The fourth-order valence-corrected chi connectivity index (χ4v) is 2.34. The Labute approximate surface area is 98.6 Å². The highest BCUT2D eigenvalue weighted by Gasteiger charge is 2.14. The molecule has 4 heteroatoms. The van der Waals surface area contributed by atoms with Crippen molar-refractivity contribution in [3.8, 4) is 0 Å². The molecule has 0 aromatic rings. The molecule has 1 N–H and O–H groups in total. The summed E-state index contributed by atoms with van der Waals surface area (Å²) in [7, 11) is 2.25. The van der Waals surface area contributed by atoms with Crippen molar-refractivity contribution >= 4 is 24.2 Å². The summed E-state index contributed by atoms with van der Waals surface area (Å²) < 4.78 is 0. The van der Waals surface area contributed by atoms with Crippen molar-refractivity contribution in [3.05, 3.63) is 0 Å². The third-order valence-corrected chi connectivity index (χ3v) is 3.30. The van der Waals surface area contributed by atoms with Gasteiger partial charge in [-0.15, -0.1) is 12.4 Å². The van der Waals surface area contributed by atoms with E-state index in [1.54, 1.807) is 0 Å². The smallest absolute Gasteiger partial charge is 0.00693 e. The van der Waals surface area contributed by atoms with Crippen LogP contribution in [0.1, 0.15) is 12.8 Å². The average molecular weight is 239 g/mol. The molecule has 0 aromatic heterocycles. The Kier molecular flexibility index (Phi) is 9.19. The maximum Gasteiger partial charge on any atom is 0.00693 e. The van der Waals surface area contributed by atoms with Gasteiger partial charge in [0.05, 0.1) is 0 Å². The number of halogens is 1. The van der Waals surface area contributed by atoms with Gasteiger partial charge in [-0.25, -0.2) is 0 Å². The Balaban J connectivity index is 0.00000169. The second-order valence-corrected chi connectivity index (χ2v) is 4.93. The molecule has 0 aromatic carbocycles. The highest BCUT2D eigenvalue weighted by molar-refractivity contribution is 7.98. The van der Waals surface area contributed by atoms with Crippen molar-refractivity contribution < 1.29 is 0 Å². The number of thioether (sulfide) groups is 1. The molecule has 1 aliphatic rings. The van der Waals surface area contributed by atoms with Crippen LogP contribution in [0.15, 0.2) is 0 Å². The van der Waals surface area contributed by atoms with Gasteiger partial charge >= 0.3 is 0 Å². The molecule has 1 saturated heterocycles. The van der Waals surface area contributed by atoms with Crippen LogP contribution in [-0.2, 0) is 0 Å². The molecule has 0 spiro atoms. The van der Waals surface area contributed by atoms with Crippen molar-refractivity contribution in [1.82, 2.24) is 10.2 Å². The zero-order valence-corrected chi connectivity index (χ0v) is 10.9. The monoisotopic (exact) mass is 238 g/mol. The number of hydrogen-bond acceptors (Lipinski definition) is 3. The largest absolute Gasteiger partial charge is 0.317 e. The highest BCUT2D eigenvalue weighted by atomic mass is 35.5. The third-order valence-electron chi connectivity index (χ3n) is 2.71. The lowest BCUT2D eigenvalue weighted by atomic mass is 9.98. The predicted molar refractivity (Wildman–Crippen MR) is 68.7 cm³/mol. The Hall–Kier alpha value is 0.560. The van der Waals surface area contributed by atoms with Crippen molar-refractivity contribution in [2.24, 2.45) is 5.92 Å². The van der Waals surface area contributed by atoms with E-state index in [0.29, 0.717) is 0 Å². The third kappa shape index (κ3) is 6.12. The zero-order valence-electron chi connectivity index (χ0n) is 9.29. The van der Waals surface area contributed by atoms with E-state index in [1.807, 2.05) is 11.8 Å². The summed E-state index contributed by atoms with van der Waals surface area (Å²) in [6, 6.07) is 0. The number of piperidine rings is 1. The molecular weight excluding hydrogens is 216 g/mol. The Bertz CT molecular complexity index is 129. The number of nitrogens with one attached hydrogen (secondary N) is 1. The van der Waals surface area contributed by atoms with Gasteiger partial charge in [-0.2, -0.15) is 11.8 Å². The lowest BCUT2D eigenvalue weighted by Crippen LogP contribution is -2.35. The second kappa shape index (κ2) is 8.84. The standard InChI is InChI=1S/C10H22N2S.ClH/c1-12(7-8-13-2)9-10-3-5-11-6-4-10;/h10-11H,3-9H2,1-2H3;1H. The number of hydrogen-bond donors (Lipinski definition) is 1. The van der Waals surface area contributed by atoms with Crippen LogP contribution in [0.4, 0.5) is 0 Å². The van der Waals surface area contributed by atoms with Gasteiger partial charge in [-0.3, -0.25) is 0 Å². The maximum absolute atomic E-state index is 3.41. The molecule has 0 radical (unpaired) electrons. The van der Waals surface area contributed by atoms with E-state index >= 15 is 0 Å². The SMILES string of the molecule is CSCCN(C)CC1CCNCC1.Cl. The normalized spacial score (nSPS) is 18.2. The Morgan fingerprint density at radius 1 is 1.36 bits per heavy atom. The first kappa shape index (κ1) is 14.6. The van der Waals surface area contributed by atoms with Gasteiger partial charge < -0.3 is 10.2 Å². The molecular formula is C10H23ClN2S. The van der Waals surface area contributed by atoms with Crippen LogP contribution in [0.5, 0.6) is 0 Å². The summed E-state index contributed by atoms with van der Waals surface area (Å²) >= 11 is 1.94. The zero-order chi connectivity index (χ0) is 9.52. The molecule has 1 fully saturated rings. The molecule has 86 valence electrons. The number of rotatable bonds is 5. The van der Waals surface area contributed by atoms with Crippen LogP contribution in [-0.4, -0.2) is 50.1 Å². The van der Waals surface area contributed by atoms with E-state index in [4.69, 9.17) is 0 Å². The Morgan fingerprint density at radius 2 is 2.00 bits per heavy atom. The van der Waals surface area contributed by atoms with E-state index in [9.17, 15) is 0 Å². The molecule has 1 aliphatic heterocycles. The van der Waals surface area contributed by atoms with Crippen LogP contribution in [0.2, 0.25) is 0 Å². The van der Waals surface area contributed by atoms with E-state index in [0.717, 1.165) is 5.92 Å². The van der Waals surface area contributed by atoms with Crippen LogP contribution < -0.4 is 5.32 Å². The van der Waals surface area contributed by atoms with Gasteiger partial charge in [0.2, 0.25) is 0 Å². The molecule has 0 saturated carbocycles. The van der Waals surface area contributed by atoms with E-state index in [1.165, 1.54) is 44.8 Å². The average Bonchev–Trinajstić information content (AvgIpc) is 2.16. The van der Waals surface area contributed by atoms with Crippen molar-refractivity contribution in [2.45, 2.75) is 12.8 Å². The summed E-state index contributed by atoms with van der Waals surface area (Å²) in [5.41, 5.74) is 0. The van der Waals surface area contributed by atoms with Gasteiger partial charge in [0.1, 0.15) is 0 Å². The fraction of sp³-hybridized carbons (Fsp3) is 1.00. The van der Waals surface area contributed by atoms with Crippen LogP contribution >= 0.6 is 24.2 Å². The summed E-state index contributed by atoms with van der Waals surface area (Å²) in [4.78, 5) is 2.48. The number of nitrogens with zero attached hydrogens (tertiary/aromatic N) is 1. The quantitative estimate of drug-likeness (QED) is 0.785. The minimum Gasteiger partial charge on any atom is -0.317 e. The molecule has 14 heavy (non-hydrogen) atoms. The lowest BCUT2D eigenvalue weighted by molar-refractivity contribution is 0.250. The maximum atomic E-state index is 3.41. The van der Waals surface area contributed by atoms with Crippen molar-refractivity contribution in [2.75, 3.05) is 45.2 Å². The molecule has 1 heterocycles. The predicted octanol–water partition coefficient (Wildman–Crippen LogP) is 1.70. The van der Waals surface area contributed by atoms with Crippen LogP contribution in [0, 0.1) is 5.92 Å². The lowest BCUT2D eigenvalue weighted by Gasteiger charge is -2.27. The summed E-state index contributed by atoms with van der Waals surface area (Å²) in [6.45, 7) is 4.98. The van der Waals surface area contributed by atoms with E-state index in [-0.39, 0.29) is 12.4 Å². The summed E-state index contributed by atoms with van der Waals surface area (Å²) in [5, 5.41) is 3.41. The molecule has 0 unspecified atom stereocenters. The van der Waals surface area contributed by atoms with Gasteiger partial charge in [0.25, 0.3) is 0 Å². The molecule has 0 aliphatic carbocycles. The van der Waals surface area contributed by atoms with Gasteiger partial charge in [0, 0.05) is 18.8 Å². The van der Waals surface area contributed by atoms with Crippen LogP contribution in [0.25, 0.3) is 0 Å². The summed E-state index contributed by atoms with van der Waals surface area (Å²) in [5.74, 6) is 2.20. The van der Waals surface area contributed by atoms with Gasteiger partial charge in [0.15, 0.2) is 0 Å². The van der Waals surface area contributed by atoms with Crippen molar-refractivity contribution in [3.63, 3.8) is 0 Å². The molecule has 2 nitrogen and oxygen atoms in total. The van der Waals surface area contributed by atoms with Crippen LogP contribution in [0.3, 0.4) is 0 Å². The molecule has 1 rings (SSSR count). The minimum atomic E-state index is 0. The van der Waals surface area contributed by atoms with E-state index in [2.05, 4.69) is 23.5 Å². The van der Waals surface area contributed by atoms with Gasteiger partial charge in [-0.1, -0.05) is 0 Å². The molecule has 0 bridgehead atoms. The minimum absolute atomic E-state index is 0. The van der Waals surface area contributed by atoms with Crippen molar-refractivity contribution in [1.29, 1.82) is 0 Å².